The number of piperazine rings is 1. The molecule has 1 heterocycles. The normalized spacial score (nSPS) is 15.3. The Hall–Kier alpha value is -1.85. The molecule has 0 aromatic heterocycles. The number of nitrogens with zero attached hydrogens (tertiary/aromatic N) is 1. The Kier molecular flexibility index (Phi) is 5.53. The highest BCUT2D eigenvalue weighted by Gasteiger charge is 2.24. The molecule has 0 unspecified atom stereocenters. The Balaban J connectivity index is 1.54. The third-order valence-electron chi connectivity index (χ3n) is 4.44. The van der Waals surface area contributed by atoms with Crippen molar-refractivity contribution in [3.63, 3.8) is 0 Å². The van der Waals surface area contributed by atoms with Crippen molar-refractivity contribution in [1.29, 1.82) is 0 Å². The largest absolute Gasteiger partial charge is 0.497 e. The molecule has 5 heteroatoms. The fourth-order valence-corrected chi connectivity index (χ4v) is 3.44. The first-order valence-electron chi connectivity index (χ1n) is 8.17. The van der Waals surface area contributed by atoms with Gasteiger partial charge < -0.3 is 14.5 Å². The van der Waals surface area contributed by atoms with Crippen LogP contribution in [0.4, 0.5) is 0 Å². The Bertz CT molecular complexity index is 695. The second kappa shape index (κ2) is 7.81. The van der Waals surface area contributed by atoms with Gasteiger partial charge in [-0.2, -0.15) is 0 Å². The Morgan fingerprint density at radius 2 is 1.88 bits per heavy atom. The van der Waals surface area contributed by atoms with Gasteiger partial charge in [0.1, 0.15) is 12.3 Å². The maximum atomic E-state index is 12.6. The number of amides is 1. The summed E-state index contributed by atoms with van der Waals surface area (Å²) in [5.41, 5.74) is 2.06. The zero-order valence-electron chi connectivity index (χ0n) is 13.8. The van der Waals surface area contributed by atoms with Crippen LogP contribution in [0.5, 0.6) is 5.75 Å². The maximum absolute atomic E-state index is 12.6. The molecule has 2 aromatic carbocycles. The molecule has 1 fully saturated rings. The Labute approximate surface area is 151 Å². The van der Waals surface area contributed by atoms with Crippen LogP contribution in [-0.2, 0) is 6.54 Å². The monoisotopic (exact) mass is 389 g/mol. The molecule has 126 valence electrons. The number of rotatable bonds is 4. The van der Waals surface area contributed by atoms with E-state index in [2.05, 4.69) is 28.1 Å². The van der Waals surface area contributed by atoms with E-state index in [0.29, 0.717) is 0 Å². The lowest BCUT2D eigenvalue weighted by atomic mass is 10.1. The highest BCUT2D eigenvalue weighted by atomic mass is 79.9. The molecule has 1 aliphatic heterocycles. The number of hydrogen-bond acceptors (Lipinski definition) is 2. The summed E-state index contributed by atoms with van der Waals surface area (Å²) in [4.78, 5) is 16.0. The summed E-state index contributed by atoms with van der Waals surface area (Å²) >= 11 is 3.43. The molecule has 1 amide bonds. The molecule has 1 aliphatic rings. The van der Waals surface area contributed by atoms with E-state index >= 15 is 0 Å². The van der Waals surface area contributed by atoms with Gasteiger partial charge in [0.25, 0.3) is 5.91 Å². The van der Waals surface area contributed by atoms with Crippen LogP contribution in [0.15, 0.2) is 53.0 Å². The SMILES string of the molecule is COc1ccc(C[NH+]2CCN(C(=O)c3cccc(Br)c3)CC2)cc1. The molecule has 0 radical (unpaired) electrons. The number of halogens is 1. The zero-order chi connectivity index (χ0) is 16.9. The molecule has 1 saturated heterocycles. The van der Waals surface area contributed by atoms with E-state index in [-0.39, 0.29) is 5.91 Å². The maximum Gasteiger partial charge on any atom is 0.254 e. The molecule has 0 spiro atoms. The van der Waals surface area contributed by atoms with E-state index in [0.717, 1.165) is 48.5 Å². The van der Waals surface area contributed by atoms with Crippen LogP contribution >= 0.6 is 15.9 Å². The molecule has 1 N–H and O–H groups in total. The molecule has 0 atom stereocenters. The van der Waals surface area contributed by atoms with Gasteiger partial charge in [-0.25, -0.2) is 0 Å². The topological polar surface area (TPSA) is 34.0 Å². The summed E-state index contributed by atoms with van der Waals surface area (Å²) in [5.74, 6) is 1.01. The number of hydrogen-bond donors (Lipinski definition) is 1. The van der Waals surface area contributed by atoms with Crippen LogP contribution in [0.25, 0.3) is 0 Å². The number of carbonyl (C=O) groups is 1. The summed E-state index contributed by atoms with van der Waals surface area (Å²) < 4.78 is 6.14. The highest BCUT2D eigenvalue weighted by molar-refractivity contribution is 9.10. The minimum atomic E-state index is 0.125. The van der Waals surface area contributed by atoms with Crippen LogP contribution in [0.2, 0.25) is 0 Å². The zero-order valence-corrected chi connectivity index (χ0v) is 15.4. The Morgan fingerprint density at radius 1 is 1.17 bits per heavy atom. The summed E-state index contributed by atoms with van der Waals surface area (Å²) in [7, 11) is 1.68. The molecule has 24 heavy (non-hydrogen) atoms. The number of ether oxygens (including phenoxy) is 1. The molecule has 3 rings (SSSR count). The lowest BCUT2D eigenvalue weighted by molar-refractivity contribution is -0.917. The third kappa shape index (κ3) is 4.16. The van der Waals surface area contributed by atoms with Crippen LogP contribution in [0, 0.1) is 0 Å². The minimum Gasteiger partial charge on any atom is -0.497 e. The quantitative estimate of drug-likeness (QED) is 0.867. The minimum absolute atomic E-state index is 0.125. The number of quaternary nitrogens is 1. The van der Waals surface area contributed by atoms with E-state index in [1.807, 2.05) is 41.3 Å². The van der Waals surface area contributed by atoms with Gasteiger partial charge in [-0.05, 0) is 42.5 Å². The van der Waals surface area contributed by atoms with Crippen molar-refractivity contribution in [2.75, 3.05) is 33.3 Å². The van der Waals surface area contributed by atoms with E-state index in [1.54, 1.807) is 7.11 Å². The van der Waals surface area contributed by atoms with Crippen molar-refractivity contribution in [2.24, 2.45) is 0 Å². The third-order valence-corrected chi connectivity index (χ3v) is 4.94. The lowest BCUT2D eigenvalue weighted by Gasteiger charge is -2.32. The fourth-order valence-electron chi connectivity index (χ4n) is 3.04. The number of benzene rings is 2. The van der Waals surface area contributed by atoms with E-state index < -0.39 is 0 Å². The van der Waals surface area contributed by atoms with Crippen molar-refractivity contribution in [3.05, 3.63) is 64.1 Å². The first-order chi connectivity index (χ1) is 11.7. The average molecular weight is 390 g/mol. The average Bonchev–Trinajstić information content (AvgIpc) is 2.62. The molecular formula is C19H22BrN2O2+. The predicted molar refractivity (Wildman–Crippen MR) is 97.4 cm³/mol. The first-order valence-corrected chi connectivity index (χ1v) is 8.96. The number of nitrogens with one attached hydrogen (secondary N) is 1. The van der Waals surface area contributed by atoms with Crippen molar-refractivity contribution in [2.45, 2.75) is 6.54 Å². The second-order valence-electron chi connectivity index (χ2n) is 6.08. The highest BCUT2D eigenvalue weighted by Crippen LogP contribution is 2.14. The molecule has 0 bridgehead atoms. The van der Waals surface area contributed by atoms with Crippen LogP contribution < -0.4 is 9.64 Å². The lowest BCUT2D eigenvalue weighted by Crippen LogP contribution is -3.13. The fraction of sp³-hybridized carbons (Fsp3) is 0.316. The van der Waals surface area contributed by atoms with Crippen molar-refractivity contribution >= 4 is 21.8 Å². The van der Waals surface area contributed by atoms with Gasteiger partial charge in [0, 0.05) is 15.6 Å². The second-order valence-corrected chi connectivity index (χ2v) is 6.99. The van der Waals surface area contributed by atoms with E-state index in [1.165, 1.54) is 10.5 Å². The van der Waals surface area contributed by atoms with Gasteiger partial charge in [0.2, 0.25) is 0 Å². The van der Waals surface area contributed by atoms with Crippen molar-refractivity contribution in [1.82, 2.24) is 4.90 Å². The van der Waals surface area contributed by atoms with Crippen LogP contribution in [0.1, 0.15) is 15.9 Å². The van der Waals surface area contributed by atoms with Crippen molar-refractivity contribution < 1.29 is 14.4 Å². The van der Waals surface area contributed by atoms with Gasteiger partial charge >= 0.3 is 0 Å². The number of methoxy groups -OCH3 is 1. The molecule has 0 aliphatic carbocycles. The molecule has 2 aromatic rings. The number of carbonyl (C=O) groups excluding carboxylic acids is 1. The first kappa shape index (κ1) is 17.0. The standard InChI is InChI=1S/C19H21BrN2O2/c1-24-18-7-5-15(6-8-18)14-21-9-11-22(12-10-21)19(23)16-3-2-4-17(20)13-16/h2-8,13H,9-12,14H2,1H3/p+1. The molecular weight excluding hydrogens is 368 g/mol. The van der Waals surface area contributed by atoms with Gasteiger partial charge in [-0.1, -0.05) is 22.0 Å². The summed E-state index contributed by atoms with van der Waals surface area (Å²) in [6.07, 6.45) is 0. The summed E-state index contributed by atoms with van der Waals surface area (Å²) in [6, 6.07) is 15.8. The summed E-state index contributed by atoms with van der Waals surface area (Å²) in [5, 5.41) is 0. The van der Waals surface area contributed by atoms with Crippen LogP contribution in [0.3, 0.4) is 0 Å². The van der Waals surface area contributed by atoms with Gasteiger partial charge in [0.05, 0.1) is 33.3 Å². The van der Waals surface area contributed by atoms with Gasteiger partial charge in [0.15, 0.2) is 0 Å². The summed E-state index contributed by atoms with van der Waals surface area (Å²) in [6.45, 7) is 4.55. The van der Waals surface area contributed by atoms with Gasteiger partial charge in [-0.3, -0.25) is 4.79 Å². The van der Waals surface area contributed by atoms with Crippen molar-refractivity contribution in [3.8, 4) is 5.75 Å². The van der Waals surface area contributed by atoms with E-state index in [4.69, 9.17) is 4.74 Å². The van der Waals surface area contributed by atoms with E-state index in [9.17, 15) is 4.79 Å². The van der Waals surface area contributed by atoms with Crippen LogP contribution in [-0.4, -0.2) is 44.1 Å². The predicted octanol–water partition coefficient (Wildman–Crippen LogP) is 2.00. The Morgan fingerprint density at radius 3 is 2.50 bits per heavy atom. The smallest absolute Gasteiger partial charge is 0.254 e. The van der Waals surface area contributed by atoms with Gasteiger partial charge in [-0.15, -0.1) is 0 Å². The molecule has 0 saturated carbocycles. The molecule has 4 nitrogen and oxygen atoms in total.